The van der Waals surface area contributed by atoms with E-state index in [0.29, 0.717) is 34.1 Å². The zero-order valence-electron chi connectivity index (χ0n) is 18.8. The lowest BCUT2D eigenvalue weighted by Crippen LogP contribution is -2.51. The Morgan fingerprint density at radius 2 is 1.90 bits per heavy atom. The predicted molar refractivity (Wildman–Crippen MR) is 111 cm³/mol. The number of fused-ring (bicyclic) bond motifs is 5. The van der Waals surface area contributed by atoms with Crippen molar-refractivity contribution in [2.45, 2.75) is 96.8 Å². The van der Waals surface area contributed by atoms with Crippen LogP contribution in [0.5, 0.6) is 0 Å². The Hall–Kier alpha value is -0.610. The lowest BCUT2D eigenvalue weighted by molar-refractivity contribution is -0.147. The third kappa shape index (κ3) is 2.87. The predicted octanol–water partition coefficient (Wildman–Crippen LogP) is 4.41. The van der Waals surface area contributed by atoms with E-state index in [-0.39, 0.29) is 23.6 Å². The first-order valence-corrected chi connectivity index (χ1v) is 12.2. The summed E-state index contributed by atoms with van der Waals surface area (Å²) in [5.41, 5.74) is 1.30. The van der Waals surface area contributed by atoms with Crippen molar-refractivity contribution in [2.24, 2.45) is 34.0 Å². The highest BCUT2D eigenvalue weighted by molar-refractivity contribution is 5.75. The monoisotopic (exact) mass is 401 g/mol. The first-order chi connectivity index (χ1) is 13.6. The average molecular weight is 402 g/mol. The Bertz CT molecular complexity index is 730. The molecule has 8 atom stereocenters. The molecule has 29 heavy (non-hydrogen) atoms. The number of ether oxygens (including phenoxy) is 2. The Labute approximate surface area is 176 Å². The van der Waals surface area contributed by atoms with Gasteiger partial charge in [0.15, 0.2) is 0 Å². The van der Waals surface area contributed by atoms with Crippen LogP contribution in [0.4, 0.5) is 0 Å². The number of carbonyl (C=O) groups is 1. The number of hydrogen-bond acceptors (Lipinski definition) is 4. The topological polar surface area (TPSA) is 42.1 Å². The Morgan fingerprint density at radius 1 is 1.10 bits per heavy atom. The summed E-state index contributed by atoms with van der Waals surface area (Å²) in [6, 6.07) is 0.650. The van der Waals surface area contributed by atoms with Gasteiger partial charge in [0.1, 0.15) is 6.10 Å². The van der Waals surface area contributed by atoms with Crippen molar-refractivity contribution in [2.75, 3.05) is 19.7 Å². The van der Waals surface area contributed by atoms with Gasteiger partial charge in [0.2, 0.25) is 0 Å². The fourth-order valence-corrected chi connectivity index (χ4v) is 9.21. The number of rotatable bonds is 2. The van der Waals surface area contributed by atoms with Crippen molar-refractivity contribution in [3.05, 3.63) is 0 Å². The second-order valence-corrected chi connectivity index (χ2v) is 13.2. The number of likely N-dealkylation sites (tertiary alicyclic amines) is 1. The summed E-state index contributed by atoms with van der Waals surface area (Å²) in [5.74, 6) is 1.20. The number of epoxide rings is 1. The second kappa shape index (κ2) is 5.79. The summed E-state index contributed by atoms with van der Waals surface area (Å²) in [6.45, 7) is 12.8. The van der Waals surface area contributed by atoms with Crippen molar-refractivity contribution in [3.8, 4) is 0 Å². The van der Waals surface area contributed by atoms with E-state index in [2.05, 4.69) is 32.6 Å². The van der Waals surface area contributed by atoms with Gasteiger partial charge in [-0.2, -0.15) is 0 Å². The molecule has 3 saturated carbocycles. The molecular formula is C25H39NO3. The summed E-state index contributed by atoms with van der Waals surface area (Å²) in [6.07, 6.45) is 10.0. The number of carbonyl (C=O) groups excluding carboxylic acids is 1. The molecule has 4 nitrogen and oxygen atoms in total. The van der Waals surface area contributed by atoms with Crippen LogP contribution in [0.25, 0.3) is 0 Å². The summed E-state index contributed by atoms with van der Waals surface area (Å²) in [5, 5.41) is 0. The molecule has 6 aliphatic rings. The molecule has 4 heteroatoms. The smallest absolute Gasteiger partial charge is 0.310 e. The van der Waals surface area contributed by atoms with Crippen molar-refractivity contribution in [3.63, 3.8) is 0 Å². The van der Waals surface area contributed by atoms with Gasteiger partial charge in [0.05, 0.1) is 18.1 Å². The average Bonchev–Trinajstić information content (AvgIpc) is 3.23. The maximum absolute atomic E-state index is 13.0. The molecule has 6 rings (SSSR count). The van der Waals surface area contributed by atoms with Crippen LogP contribution in [0.15, 0.2) is 0 Å². The van der Waals surface area contributed by atoms with E-state index in [1.807, 2.05) is 0 Å². The second-order valence-electron chi connectivity index (χ2n) is 13.2. The number of nitrogens with zero attached hydrogens (tertiary/aromatic N) is 1. The summed E-state index contributed by atoms with van der Waals surface area (Å²) < 4.78 is 12.1. The quantitative estimate of drug-likeness (QED) is 0.508. The SMILES string of the molecule is CC1(C)C[C@H]2C[C@](C)(CN2C[C@H]2C(=O)O[C@@H]3C[C@@]4(C)CCC[C@@]5(CO5)[C@H]4C[C@@H]32)C1. The minimum atomic E-state index is 0.0772. The maximum Gasteiger partial charge on any atom is 0.310 e. The molecule has 1 spiro atoms. The molecule has 3 aliphatic heterocycles. The third-order valence-electron chi connectivity index (χ3n) is 10.0. The number of esters is 1. The van der Waals surface area contributed by atoms with Gasteiger partial charge in [0.25, 0.3) is 0 Å². The normalized spacial score (nSPS) is 55.4. The van der Waals surface area contributed by atoms with E-state index in [4.69, 9.17) is 9.47 Å². The highest BCUT2D eigenvalue weighted by atomic mass is 16.6. The third-order valence-corrected chi connectivity index (χ3v) is 10.0. The minimum absolute atomic E-state index is 0.0772. The molecule has 2 bridgehead atoms. The molecule has 3 saturated heterocycles. The van der Waals surface area contributed by atoms with Crippen LogP contribution in [0, 0.1) is 34.0 Å². The minimum Gasteiger partial charge on any atom is -0.462 e. The van der Waals surface area contributed by atoms with E-state index in [0.717, 1.165) is 32.5 Å². The lowest BCUT2D eigenvalue weighted by atomic mass is 9.53. The highest BCUT2D eigenvalue weighted by Gasteiger charge is 2.65. The molecule has 162 valence electrons. The molecule has 0 radical (unpaired) electrons. The van der Waals surface area contributed by atoms with Crippen molar-refractivity contribution in [1.29, 1.82) is 0 Å². The van der Waals surface area contributed by atoms with Crippen LogP contribution in [0.1, 0.15) is 79.1 Å². The van der Waals surface area contributed by atoms with Crippen LogP contribution in [0.2, 0.25) is 0 Å². The van der Waals surface area contributed by atoms with Crippen molar-refractivity contribution < 1.29 is 14.3 Å². The van der Waals surface area contributed by atoms with Gasteiger partial charge in [-0.15, -0.1) is 0 Å². The van der Waals surface area contributed by atoms with Crippen LogP contribution in [-0.4, -0.2) is 48.3 Å². The Kier molecular flexibility index (Phi) is 3.82. The van der Waals surface area contributed by atoms with Crippen LogP contribution in [-0.2, 0) is 14.3 Å². The Morgan fingerprint density at radius 3 is 2.66 bits per heavy atom. The summed E-state index contributed by atoms with van der Waals surface area (Å²) in [7, 11) is 0. The first kappa shape index (κ1) is 19.1. The number of hydrogen-bond donors (Lipinski definition) is 0. The van der Waals surface area contributed by atoms with Gasteiger partial charge in [-0.25, -0.2) is 0 Å². The van der Waals surface area contributed by atoms with E-state index >= 15 is 0 Å². The van der Waals surface area contributed by atoms with E-state index in [9.17, 15) is 4.79 Å². The summed E-state index contributed by atoms with van der Waals surface area (Å²) in [4.78, 5) is 15.7. The van der Waals surface area contributed by atoms with Crippen LogP contribution in [0.3, 0.4) is 0 Å². The molecule has 0 amide bonds. The zero-order chi connectivity index (χ0) is 20.2. The van der Waals surface area contributed by atoms with Crippen molar-refractivity contribution >= 4 is 5.97 Å². The molecule has 6 fully saturated rings. The zero-order valence-corrected chi connectivity index (χ0v) is 18.8. The summed E-state index contributed by atoms with van der Waals surface area (Å²) >= 11 is 0. The maximum atomic E-state index is 13.0. The first-order valence-electron chi connectivity index (χ1n) is 12.2. The van der Waals surface area contributed by atoms with Crippen molar-refractivity contribution in [1.82, 2.24) is 4.90 Å². The van der Waals surface area contributed by atoms with Gasteiger partial charge >= 0.3 is 5.97 Å². The fourth-order valence-electron chi connectivity index (χ4n) is 9.21. The lowest BCUT2D eigenvalue weighted by Gasteiger charge is -2.51. The Balaban J connectivity index is 1.22. The van der Waals surface area contributed by atoms with Gasteiger partial charge in [0, 0.05) is 25.0 Å². The van der Waals surface area contributed by atoms with Gasteiger partial charge in [-0.05, 0) is 73.5 Å². The molecule has 0 aromatic carbocycles. The molecule has 0 unspecified atom stereocenters. The van der Waals surface area contributed by atoms with Gasteiger partial charge in [-0.1, -0.05) is 27.7 Å². The van der Waals surface area contributed by atoms with E-state index in [1.165, 1.54) is 38.5 Å². The van der Waals surface area contributed by atoms with E-state index in [1.54, 1.807) is 0 Å². The highest BCUT2D eigenvalue weighted by Crippen LogP contribution is 2.63. The molecule has 3 aliphatic carbocycles. The fraction of sp³-hybridized carbons (Fsp3) is 0.960. The van der Waals surface area contributed by atoms with Crippen LogP contribution >= 0.6 is 0 Å². The largest absolute Gasteiger partial charge is 0.462 e. The molecule has 3 heterocycles. The molecule has 0 N–H and O–H groups in total. The molecule has 0 aromatic rings. The molecule has 0 aromatic heterocycles. The van der Waals surface area contributed by atoms with E-state index < -0.39 is 0 Å². The standard InChI is InChI=1S/C25H39NO3/c1-22(2)9-16-10-23(3,13-22)14-26(16)12-18-17-8-20-24(4,11-19(17)29-21(18)27)6-5-7-25(20)15-28-25/h16-20H,5-15H2,1-4H3/t16-,17+,18+,19+,20-,23-,24+,25+/m0/s1. The molecular weight excluding hydrogens is 362 g/mol. The van der Waals surface area contributed by atoms with Crippen LogP contribution < -0.4 is 0 Å². The van der Waals surface area contributed by atoms with Gasteiger partial charge < -0.3 is 9.47 Å². The van der Waals surface area contributed by atoms with Gasteiger partial charge in [-0.3, -0.25) is 9.69 Å².